The second-order valence-corrected chi connectivity index (χ2v) is 3.63. The average molecular weight is 281 g/mol. The van der Waals surface area contributed by atoms with Crippen LogP contribution in [0.25, 0.3) is 0 Å². The van der Waals surface area contributed by atoms with Crippen molar-refractivity contribution in [3.63, 3.8) is 0 Å². The molecule has 0 atom stereocenters. The number of aliphatic carboxylic acids is 1. The van der Waals surface area contributed by atoms with Crippen LogP contribution in [0, 0.1) is 0 Å². The fourth-order valence-electron chi connectivity index (χ4n) is 0. The smallest absolute Gasteiger partial charge is 0.0140 e. The first-order chi connectivity index (χ1) is 6.27. The van der Waals surface area contributed by atoms with Crippen molar-refractivity contribution in [2.24, 2.45) is 0 Å². The maximum absolute atomic E-state index is 9.25. The Bertz CT molecular complexity index is 135. The van der Waals surface area contributed by atoms with E-state index in [1.165, 1.54) is 0 Å². The molecule has 4 nitrogen and oxygen atoms in total. The molecule has 0 aliphatic rings. The van der Waals surface area contributed by atoms with Crippen LogP contribution in [0.2, 0.25) is 0 Å². The van der Waals surface area contributed by atoms with Gasteiger partial charge in [0.05, 0.1) is 0 Å². The van der Waals surface area contributed by atoms with E-state index >= 15 is 0 Å². The molecule has 0 unspecified atom stereocenters. The van der Waals surface area contributed by atoms with E-state index in [0.29, 0.717) is 6.10 Å². The third-order valence-corrected chi connectivity index (χ3v) is 1.57. The molecule has 0 aliphatic carbocycles. The van der Waals surface area contributed by atoms with Crippen LogP contribution >= 0.6 is 0 Å². The molecule has 0 saturated heterocycles. The van der Waals surface area contributed by atoms with Crippen LogP contribution in [0.5, 0.6) is 0 Å². The fourth-order valence-corrected chi connectivity index (χ4v) is 0. The Balaban J connectivity index is -0.000000131. The standard InChI is InChI=1S/C3H9N.C3H4O2.C3H7O.Zr/c1-4(2)3;1-2-3(4)5;1-3(2)4;/h1-3H3;2H,1H2,(H,4,5);3H,1-2H3;/q;;-1;+1. The van der Waals surface area contributed by atoms with Crippen LogP contribution < -0.4 is 0 Å². The second kappa shape index (κ2) is 15.5. The SMILES string of the molecule is C=CC(=O)O.CC(C)[O][Zr].CN(C)C. The van der Waals surface area contributed by atoms with E-state index < -0.39 is 5.97 Å². The summed E-state index contributed by atoms with van der Waals surface area (Å²) in [5.41, 5.74) is 0. The van der Waals surface area contributed by atoms with Crippen LogP contribution in [0.4, 0.5) is 0 Å². The molecule has 0 aromatic carbocycles. The molecule has 0 aromatic rings. The Morgan fingerprint density at radius 2 is 1.64 bits per heavy atom. The third-order valence-electron chi connectivity index (χ3n) is 0.410. The van der Waals surface area contributed by atoms with Gasteiger partial charge in [-0.05, 0) is 21.1 Å². The van der Waals surface area contributed by atoms with Gasteiger partial charge in [-0.25, -0.2) is 4.79 Å². The minimum Gasteiger partial charge on any atom is -0.312 e. The van der Waals surface area contributed by atoms with E-state index in [1.54, 1.807) is 0 Å². The number of hydrogen-bond acceptors (Lipinski definition) is 3. The van der Waals surface area contributed by atoms with Gasteiger partial charge in [-0.2, -0.15) is 0 Å². The van der Waals surface area contributed by atoms with Gasteiger partial charge in [0.15, 0.2) is 0 Å². The molecule has 0 aromatic heterocycles. The van der Waals surface area contributed by atoms with Crippen LogP contribution in [-0.4, -0.2) is 43.2 Å². The Morgan fingerprint density at radius 3 is 1.64 bits per heavy atom. The fraction of sp³-hybridized carbons (Fsp3) is 0.667. The van der Waals surface area contributed by atoms with E-state index in [-0.39, 0.29) is 0 Å². The van der Waals surface area contributed by atoms with Gasteiger partial charge in [-0.3, -0.25) is 0 Å². The molecule has 83 valence electrons. The summed E-state index contributed by atoms with van der Waals surface area (Å²) >= 11 is 1.16. The van der Waals surface area contributed by atoms with E-state index in [1.807, 2.05) is 39.9 Å². The topological polar surface area (TPSA) is 49.8 Å². The molecular weight excluding hydrogens is 261 g/mol. The second-order valence-electron chi connectivity index (χ2n) is 3.05. The monoisotopic (exact) mass is 280 g/mol. The molecule has 5 heteroatoms. The first kappa shape index (κ1) is 19.6. The van der Waals surface area contributed by atoms with Gasteiger partial charge in [-0.1, -0.05) is 6.58 Å². The molecule has 0 radical (unpaired) electrons. The molecule has 0 heterocycles. The van der Waals surface area contributed by atoms with Crippen molar-refractivity contribution in [1.29, 1.82) is 0 Å². The normalized spacial score (nSPS) is 8.14. The summed E-state index contributed by atoms with van der Waals surface area (Å²) in [7, 11) is 6.00. The molecule has 0 spiro atoms. The molecular formula is C9H20NO3Zr. The Morgan fingerprint density at radius 1 is 1.50 bits per heavy atom. The first-order valence-corrected chi connectivity index (χ1v) is 5.06. The zero-order valence-electron chi connectivity index (χ0n) is 9.57. The number of carboxylic acids is 1. The van der Waals surface area contributed by atoms with E-state index in [2.05, 4.69) is 6.58 Å². The van der Waals surface area contributed by atoms with Crippen molar-refractivity contribution in [2.75, 3.05) is 21.1 Å². The first-order valence-electron chi connectivity index (χ1n) is 4.06. The summed E-state index contributed by atoms with van der Waals surface area (Å²) in [6, 6.07) is 0. The summed E-state index contributed by atoms with van der Waals surface area (Å²) in [5, 5.41) is 7.60. The van der Waals surface area contributed by atoms with Gasteiger partial charge in [-0.15, -0.1) is 0 Å². The summed E-state index contributed by atoms with van der Waals surface area (Å²) in [6.07, 6.45) is 1.26. The zero-order valence-corrected chi connectivity index (χ0v) is 12.0. The van der Waals surface area contributed by atoms with Gasteiger partial charge < -0.3 is 10.0 Å². The number of nitrogens with zero attached hydrogens (tertiary/aromatic N) is 1. The van der Waals surface area contributed by atoms with Crippen molar-refractivity contribution in [2.45, 2.75) is 20.0 Å². The Kier molecular flexibility index (Phi) is 21.6. The maximum Gasteiger partial charge on any atom is -0.0140 e. The van der Waals surface area contributed by atoms with E-state index in [9.17, 15) is 4.79 Å². The van der Waals surface area contributed by atoms with E-state index in [4.69, 9.17) is 7.92 Å². The van der Waals surface area contributed by atoms with Crippen molar-refractivity contribution < 1.29 is 37.9 Å². The summed E-state index contributed by atoms with van der Waals surface area (Å²) in [6.45, 7) is 7.01. The zero-order chi connectivity index (χ0) is 12.1. The van der Waals surface area contributed by atoms with Crippen LogP contribution in [0.1, 0.15) is 13.8 Å². The third kappa shape index (κ3) is 90.5. The number of carbonyl (C=O) groups is 1. The number of rotatable bonds is 2. The summed E-state index contributed by atoms with van der Waals surface area (Å²) in [4.78, 5) is 11.2. The molecule has 0 aliphatic heterocycles. The van der Waals surface area contributed by atoms with Crippen LogP contribution in [-0.2, 0) is 32.8 Å². The van der Waals surface area contributed by atoms with E-state index in [0.717, 1.165) is 31.2 Å². The minimum atomic E-state index is -0.981. The van der Waals surface area contributed by atoms with Crippen molar-refractivity contribution in [3.05, 3.63) is 12.7 Å². The van der Waals surface area contributed by atoms with Gasteiger partial charge in [0.1, 0.15) is 0 Å². The molecule has 0 amide bonds. The predicted molar refractivity (Wildman–Crippen MR) is 53.7 cm³/mol. The Hall–Kier alpha value is 0.0131. The average Bonchev–Trinajstić information content (AvgIpc) is 2.04. The predicted octanol–water partition coefficient (Wildman–Crippen LogP) is 1.31. The van der Waals surface area contributed by atoms with Gasteiger partial charge in [0.2, 0.25) is 0 Å². The summed E-state index contributed by atoms with van der Waals surface area (Å²) < 4.78 is 4.84. The molecule has 1 N–H and O–H groups in total. The van der Waals surface area contributed by atoms with Crippen molar-refractivity contribution in [1.82, 2.24) is 4.90 Å². The largest absolute Gasteiger partial charge is 0.312 e. The molecule has 14 heavy (non-hydrogen) atoms. The van der Waals surface area contributed by atoms with Crippen LogP contribution in [0.15, 0.2) is 12.7 Å². The minimum absolute atomic E-state index is 0.424. The molecule has 0 rings (SSSR count). The summed E-state index contributed by atoms with van der Waals surface area (Å²) in [5.74, 6) is -0.981. The van der Waals surface area contributed by atoms with Crippen molar-refractivity contribution in [3.8, 4) is 0 Å². The van der Waals surface area contributed by atoms with Crippen LogP contribution in [0.3, 0.4) is 0 Å². The molecule has 0 bridgehead atoms. The number of carboxylic acid groups (broad SMARTS) is 1. The van der Waals surface area contributed by atoms with Crippen molar-refractivity contribution >= 4 is 5.97 Å². The van der Waals surface area contributed by atoms with Gasteiger partial charge >= 0.3 is 53.9 Å². The quantitative estimate of drug-likeness (QED) is 0.775. The van der Waals surface area contributed by atoms with Gasteiger partial charge in [0, 0.05) is 6.08 Å². The Labute approximate surface area is 102 Å². The molecule has 0 saturated carbocycles. The maximum atomic E-state index is 9.25. The van der Waals surface area contributed by atoms with Gasteiger partial charge in [0.25, 0.3) is 0 Å². The number of hydrogen-bond donors (Lipinski definition) is 1. The molecule has 0 fully saturated rings.